The molecule has 0 aliphatic carbocycles. The highest BCUT2D eigenvalue weighted by Crippen LogP contribution is 2.35. The molecule has 0 unspecified atom stereocenters. The van der Waals surface area contributed by atoms with Gasteiger partial charge in [-0.2, -0.15) is 5.10 Å². The van der Waals surface area contributed by atoms with Crippen LogP contribution in [0.15, 0.2) is 18.5 Å². The van der Waals surface area contributed by atoms with Crippen molar-refractivity contribution in [1.29, 1.82) is 0 Å². The molecule has 0 aliphatic rings. The summed E-state index contributed by atoms with van der Waals surface area (Å²) in [6.45, 7) is 2.73. The molecule has 1 heterocycles. The second-order valence-corrected chi connectivity index (χ2v) is 4.47. The molecule has 1 N–H and O–H groups in total. The summed E-state index contributed by atoms with van der Waals surface area (Å²) in [7, 11) is 1.52. The summed E-state index contributed by atoms with van der Waals surface area (Å²) >= 11 is 5.95. The van der Waals surface area contributed by atoms with Gasteiger partial charge in [0.1, 0.15) is 12.9 Å². The van der Waals surface area contributed by atoms with E-state index in [2.05, 4.69) is 10.1 Å². The first-order valence-electron chi connectivity index (χ1n) is 6.16. The van der Waals surface area contributed by atoms with E-state index in [9.17, 15) is 5.11 Å². The van der Waals surface area contributed by atoms with Crippen LogP contribution in [0, 0.1) is 0 Å². The van der Waals surface area contributed by atoms with Crippen molar-refractivity contribution in [1.82, 2.24) is 14.8 Å². The molecule has 0 saturated carbocycles. The van der Waals surface area contributed by atoms with Crippen LogP contribution in [0.25, 0.3) is 0 Å². The van der Waals surface area contributed by atoms with Crippen LogP contribution in [0.3, 0.4) is 0 Å². The topological polar surface area (TPSA) is 69.4 Å². The number of benzene rings is 1. The van der Waals surface area contributed by atoms with E-state index in [1.54, 1.807) is 16.8 Å². The smallest absolute Gasteiger partial charge is 0.167 e. The Labute approximate surface area is 121 Å². The van der Waals surface area contributed by atoms with Gasteiger partial charge in [-0.1, -0.05) is 11.6 Å². The molecule has 2 aromatic rings. The highest BCUT2D eigenvalue weighted by atomic mass is 35.5. The molecule has 1 aromatic heterocycles. The van der Waals surface area contributed by atoms with Crippen LogP contribution < -0.4 is 9.47 Å². The van der Waals surface area contributed by atoms with Gasteiger partial charge in [0.15, 0.2) is 17.3 Å². The number of aliphatic hydroxyl groups is 1. The largest absolute Gasteiger partial charge is 0.493 e. The Hall–Kier alpha value is -1.79. The van der Waals surface area contributed by atoms with Crippen molar-refractivity contribution in [2.45, 2.75) is 26.7 Å². The third-order valence-corrected chi connectivity index (χ3v) is 3.05. The molecular formula is C13H16ClN3O3. The van der Waals surface area contributed by atoms with Crippen LogP contribution in [0.4, 0.5) is 0 Å². The van der Waals surface area contributed by atoms with Gasteiger partial charge in [-0.25, -0.2) is 9.67 Å². The predicted octanol–water partition coefficient (Wildman–Crippen LogP) is 2.03. The highest BCUT2D eigenvalue weighted by Gasteiger charge is 2.14. The van der Waals surface area contributed by atoms with Crippen molar-refractivity contribution in [3.63, 3.8) is 0 Å². The van der Waals surface area contributed by atoms with Crippen molar-refractivity contribution >= 4 is 11.6 Å². The number of methoxy groups -OCH3 is 1. The van der Waals surface area contributed by atoms with E-state index in [1.165, 1.54) is 13.4 Å². The van der Waals surface area contributed by atoms with Crippen LogP contribution in [-0.4, -0.2) is 27.0 Å². The van der Waals surface area contributed by atoms with Crippen molar-refractivity contribution in [3.8, 4) is 11.5 Å². The van der Waals surface area contributed by atoms with Gasteiger partial charge < -0.3 is 14.6 Å². The summed E-state index contributed by atoms with van der Waals surface area (Å²) in [5.41, 5.74) is 0.567. The van der Waals surface area contributed by atoms with Gasteiger partial charge in [-0.05, 0) is 13.0 Å². The van der Waals surface area contributed by atoms with E-state index >= 15 is 0 Å². The number of nitrogens with zero attached hydrogens (tertiary/aromatic N) is 3. The van der Waals surface area contributed by atoms with Gasteiger partial charge in [0.25, 0.3) is 0 Å². The van der Waals surface area contributed by atoms with Crippen molar-refractivity contribution in [2.75, 3.05) is 7.11 Å². The van der Waals surface area contributed by atoms with Crippen LogP contribution in [-0.2, 0) is 19.8 Å². The Balaban J connectivity index is 2.24. The molecule has 108 valence electrons. The van der Waals surface area contributed by atoms with Crippen molar-refractivity contribution in [3.05, 3.63) is 34.9 Å². The number of ether oxygens (including phenoxy) is 2. The molecule has 7 heteroatoms. The zero-order chi connectivity index (χ0) is 14.5. The number of aromatic nitrogens is 3. The Kier molecular flexibility index (Phi) is 4.81. The summed E-state index contributed by atoms with van der Waals surface area (Å²) < 4.78 is 12.7. The summed E-state index contributed by atoms with van der Waals surface area (Å²) in [4.78, 5) is 4.13. The number of rotatable bonds is 6. The summed E-state index contributed by atoms with van der Waals surface area (Å²) in [6.07, 6.45) is 1.48. The Morgan fingerprint density at radius 3 is 2.85 bits per heavy atom. The third kappa shape index (κ3) is 3.02. The Bertz CT molecular complexity index is 561. The maximum absolute atomic E-state index is 9.39. The zero-order valence-corrected chi connectivity index (χ0v) is 12.1. The van der Waals surface area contributed by atoms with Crippen LogP contribution >= 0.6 is 11.6 Å². The third-order valence-electron chi connectivity index (χ3n) is 2.83. The number of hydrogen-bond acceptors (Lipinski definition) is 5. The van der Waals surface area contributed by atoms with Gasteiger partial charge in [-0.15, -0.1) is 0 Å². The van der Waals surface area contributed by atoms with Gasteiger partial charge in [0.05, 0.1) is 13.7 Å². The van der Waals surface area contributed by atoms with E-state index in [0.717, 1.165) is 0 Å². The lowest BCUT2D eigenvalue weighted by Gasteiger charge is -2.14. The molecule has 0 atom stereocenters. The molecule has 0 radical (unpaired) electrons. The summed E-state index contributed by atoms with van der Waals surface area (Å²) in [5.74, 6) is 1.64. The Morgan fingerprint density at radius 2 is 2.20 bits per heavy atom. The van der Waals surface area contributed by atoms with E-state index in [1.807, 2.05) is 6.92 Å². The molecule has 0 spiro atoms. The van der Waals surface area contributed by atoms with E-state index in [4.69, 9.17) is 21.1 Å². The SMILES string of the molecule is CCn1ncnc1COc1c(CO)cc(Cl)cc1OC. The Morgan fingerprint density at radius 1 is 1.40 bits per heavy atom. The van der Waals surface area contributed by atoms with Gasteiger partial charge in [0, 0.05) is 23.2 Å². The monoisotopic (exact) mass is 297 g/mol. The second kappa shape index (κ2) is 6.58. The molecule has 0 bridgehead atoms. The first kappa shape index (κ1) is 14.6. The number of aliphatic hydroxyl groups excluding tert-OH is 1. The van der Waals surface area contributed by atoms with Gasteiger partial charge in [-0.3, -0.25) is 0 Å². The average molecular weight is 298 g/mol. The molecule has 6 nitrogen and oxygen atoms in total. The van der Waals surface area contributed by atoms with Gasteiger partial charge >= 0.3 is 0 Å². The molecule has 20 heavy (non-hydrogen) atoms. The number of halogens is 1. The summed E-state index contributed by atoms with van der Waals surface area (Å²) in [5, 5.41) is 13.9. The minimum absolute atomic E-state index is 0.188. The lowest BCUT2D eigenvalue weighted by molar-refractivity contribution is 0.243. The lowest BCUT2D eigenvalue weighted by Crippen LogP contribution is -2.08. The number of aryl methyl sites for hydroxylation is 1. The standard InChI is InChI=1S/C13H16ClN3O3/c1-3-17-12(15-8-16-17)7-20-13-9(6-18)4-10(14)5-11(13)19-2/h4-5,8,18H,3,6-7H2,1-2H3. The maximum atomic E-state index is 9.39. The van der Waals surface area contributed by atoms with Crippen molar-refractivity contribution < 1.29 is 14.6 Å². The van der Waals surface area contributed by atoms with Crippen LogP contribution in [0.1, 0.15) is 18.3 Å². The average Bonchev–Trinajstić information content (AvgIpc) is 2.92. The highest BCUT2D eigenvalue weighted by molar-refractivity contribution is 6.30. The van der Waals surface area contributed by atoms with E-state index < -0.39 is 0 Å². The fourth-order valence-electron chi connectivity index (χ4n) is 1.86. The predicted molar refractivity (Wildman–Crippen MR) is 74.0 cm³/mol. The number of hydrogen-bond donors (Lipinski definition) is 1. The summed E-state index contributed by atoms with van der Waals surface area (Å²) in [6, 6.07) is 3.28. The first-order valence-corrected chi connectivity index (χ1v) is 6.54. The van der Waals surface area contributed by atoms with Crippen molar-refractivity contribution in [2.24, 2.45) is 0 Å². The molecular weight excluding hydrogens is 282 g/mol. The normalized spacial score (nSPS) is 10.6. The van der Waals surface area contributed by atoms with E-state index in [-0.39, 0.29) is 13.2 Å². The first-order chi connectivity index (χ1) is 9.69. The molecule has 0 saturated heterocycles. The minimum Gasteiger partial charge on any atom is -0.493 e. The zero-order valence-electron chi connectivity index (χ0n) is 11.3. The fraction of sp³-hybridized carbons (Fsp3) is 0.385. The maximum Gasteiger partial charge on any atom is 0.167 e. The lowest BCUT2D eigenvalue weighted by atomic mass is 10.2. The second-order valence-electron chi connectivity index (χ2n) is 4.04. The molecule has 0 fully saturated rings. The minimum atomic E-state index is -0.188. The molecule has 2 rings (SSSR count). The molecule has 1 aromatic carbocycles. The molecule has 0 aliphatic heterocycles. The fourth-order valence-corrected chi connectivity index (χ4v) is 2.09. The molecule has 0 amide bonds. The van der Waals surface area contributed by atoms with Crippen LogP contribution in [0.5, 0.6) is 11.5 Å². The van der Waals surface area contributed by atoms with E-state index in [0.29, 0.717) is 34.5 Å². The quantitative estimate of drug-likeness (QED) is 0.883. The van der Waals surface area contributed by atoms with Crippen LogP contribution in [0.2, 0.25) is 5.02 Å². The van der Waals surface area contributed by atoms with Gasteiger partial charge in [0.2, 0.25) is 0 Å².